The van der Waals surface area contributed by atoms with E-state index >= 15 is 0 Å². The molecule has 2 aliphatic heterocycles. The summed E-state index contributed by atoms with van der Waals surface area (Å²) >= 11 is 0. The normalized spacial score (nSPS) is 17.5. The molecule has 8 nitrogen and oxygen atoms in total. The number of benzene rings is 1. The number of H-pyrrole nitrogens is 1. The van der Waals surface area contributed by atoms with Crippen molar-refractivity contribution in [1.82, 2.24) is 19.9 Å². The number of hydrogen-bond donors (Lipinski definition) is 2. The zero-order chi connectivity index (χ0) is 28.6. The van der Waals surface area contributed by atoms with Crippen LogP contribution in [0.25, 0.3) is 11.2 Å². The minimum Gasteiger partial charge on any atom is -0.406 e. The van der Waals surface area contributed by atoms with E-state index in [9.17, 15) is 26.7 Å². The fraction of sp³-hybridized carbons (Fsp3) is 0.500. The lowest BCUT2D eigenvalue weighted by atomic mass is 9.89. The number of likely N-dealkylation sites (tertiary alicyclic amines) is 1. The maximum Gasteiger partial charge on any atom is 0.573 e. The maximum atomic E-state index is 12.9. The van der Waals surface area contributed by atoms with Crippen molar-refractivity contribution in [3.05, 3.63) is 53.5 Å². The van der Waals surface area contributed by atoms with Crippen LogP contribution in [0.2, 0.25) is 0 Å². The van der Waals surface area contributed by atoms with E-state index in [-0.39, 0.29) is 17.6 Å². The lowest BCUT2D eigenvalue weighted by Crippen LogP contribution is -2.43. The average molecular weight is 558 g/mol. The van der Waals surface area contributed by atoms with E-state index in [0.29, 0.717) is 64.7 Å². The zero-order valence-corrected chi connectivity index (χ0v) is 21.7. The number of imidazole rings is 1. The molecular weight excluding hydrogens is 525 g/mol. The second-order valence-corrected chi connectivity index (χ2v) is 9.09. The van der Waals surface area contributed by atoms with E-state index in [1.807, 2.05) is 6.07 Å². The second-order valence-electron chi connectivity index (χ2n) is 9.09. The highest BCUT2D eigenvalue weighted by molar-refractivity contribution is 5.94. The summed E-state index contributed by atoms with van der Waals surface area (Å²) in [5.41, 5.74) is 8.99. The zero-order valence-electron chi connectivity index (χ0n) is 21.7. The third-order valence-electron chi connectivity index (χ3n) is 6.84. The van der Waals surface area contributed by atoms with Crippen molar-refractivity contribution in [2.45, 2.75) is 43.5 Å². The fourth-order valence-electron chi connectivity index (χ4n) is 4.85. The van der Waals surface area contributed by atoms with Crippen molar-refractivity contribution in [1.29, 1.82) is 0 Å². The van der Waals surface area contributed by atoms with E-state index in [0.717, 1.165) is 41.9 Å². The molecule has 0 atom stereocenters. The lowest BCUT2D eigenvalue weighted by molar-refractivity contribution is -0.274. The number of piperidine rings is 1. The van der Waals surface area contributed by atoms with Crippen molar-refractivity contribution in [3.8, 4) is 5.75 Å². The number of hydrogen-bond acceptors (Lipinski definition) is 6. The number of nitrogens with zero attached hydrogens (tertiary/aromatic N) is 3. The Labute approximate surface area is 222 Å². The monoisotopic (exact) mass is 557 g/mol. The van der Waals surface area contributed by atoms with Crippen LogP contribution < -0.4 is 10.5 Å². The summed E-state index contributed by atoms with van der Waals surface area (Å²) < 4.78 is 65.4. The Balaban J connectivity index is 0.00000100. The summed E-state index contributed by atoms with van der Waals surface area (Å²) in [6, 6.07) is 7.00. The highest BCUT2D eigenvalue weighted by atomic mass is 19.4. The number of nitrogens with one attached hydrogen (secondary N) is 1. The molecule has 0 unspecified atom stereocenters. The molecule has 2 fully saturated rings. The molecule has 2 saturated heterocycles. The van der Waals surface area contributed by atoms with Gasteiger partial charge in [0.1, 0.15) is 11.6 Å². The first-order valence-corrected chi connectivity index (χ1v) is 12.3. The summed E-state index contributed by atoms with van der Waals surface area (Å²) in [6.07, 6.45) is -0.154. The largest absolute Gasteiger partial charge is 0.573 e. The van der Waals surface area contributed by atoms with Gasteiger partial charge in [0, 0.05) is 38.1 Å². The molecule has 5 rings (SSSR count). The molecule has 3 N–H and O–H groups in total. The highest BCUT2D eigenvalue weighted by Crippen LogP contribution is 2.35. The van der Waals surface area contributed by atoms with Crippen molar-refractivity contribution in [2.75, 3.05) is 40.7 Å². The van der Waals surface area contributed by atoms with Crippen LogP contribution in [-0.4, -0.2) is 72.8 Å². The molecule has 39 heavy (non-hydrogen) atoms. The molecule has 1 aromatic carbocycles. The molecule has 0 radical (unpaired) electrons. The Morgan fingerprint density at radius 1 is 1.08 bits per heavy atom. The Hall–Kier alpha value is -3.32. The van der Waals surface area contributed by atoms with Crippen LogP contribution >= 0.6 is 0 Å². The van der Waals surface area contributed by atoms with Gasteiger partial charge in [-0.25, -0.2) is 9.97 Å². The standard InChI is InChI=1S/C24H26F3N5O3.2CH3F/c25-24(26,27)35-17-3-1-16(2-4-17)21(33)32-11-6-15(7-12-32)18-5-10-29-20-19(18)30-22(31-20)23(28)8-13-34-14-9-23;2*1-2/h1-5,10,15H,6-9,11-14,28H2,(H,29,30,31);2*1H3. The van der Waals surface area contributed by atoms with Crippen LogP contribution in [0.4, 0.5) is 22.0 Å². The van der Waals surface area contributed by atoms with E-state index < -0.39 is 11.9 Å². The van der Waals surface area contributed by atoms with Crippen LogP contribution in [0.15, 0.2) is 36.5 Å². The van der Waals surface area contributed by atoms with Gasteiger partial charge in [0.2, 0.25) is 0 Å². The van der Waals surface area contributed by atoms with Crippen LogP contribution in [-0.2, 0) is 10.3 Å². The average Bonchev–Trinajstić information content (AvgIpc) is 3.41. The van der Waals surface area contributed by atoms with E-state index in [1.54, 1.807) is 11.1 Å². The van der Waals surface area contributed by atoms with Crippen molar-refractivity contribution < 1.29 is 36.2 Å². The van der Waals surface area contributed by atoms with Gasteiger partial charge in [0.25, 0.3) is 5.91 Å². The number of carbonyl (C=O) groups is 1. The summed E-state index contributed by atoms with van der Waals surface area (Å²) in [4.78, 5) is 27.1. The molecule has 2 aliphatic rings. The van der Waals surface area contributed by atoms with E-state index in [4.69, 9.17) is 10.5 Å². The first-order valence-electron chi connectivity index (χ1n) is 12.3. The summed E-state index contributed by atoms with van der Waals surface area (Å²) in [7, 11) is 1.00. The molecule has 2 aromatic heterocycles. The number of amides is 1. The molecule has 3 aromatic rings. The molecule has 0 aliphatic carbocycles. The number of ether oxygens (including phenoxy) is 2. The minimum absolute atomic E-state index is 0.212. The number of carbonyl (C=O) groups excluding carboxylic acids is 1. The summed E-state index contributed by atoms with van der Waals surface area (Å²) in [6.45, 7) is 2.26. The lowest BCUT2D eigenvalue weighted by Gasteiger charge is -2.32. The van der Waals surface area contributed by atoms with Crippen molar-refractivity contribution >= 4 is 17.1 Å². The van der Waals surface area contributed by atoms with Gasteiger partial charge in [0.15, 0.2) is 5.65 Å². The maximum absolute atomic E-state index is 12.9. The number of rotatable bonds is 4. The molecule has 1 amide bonds. The van der Waals surface area contributed by atoms with Crippen molar-refractivity contribution in [2.24, 2.45) is 5.73 Å². The number of aromatic nitrogens is 3. The minimum atomic E-state index is -4.77. The molecule has 13 heteroatoms. The molecule has 0 saturated carbocycles. The van der Waals surface area contributed by atoms with Gasteiger partial charge >= 0.3 is 6.36 Å². The third-order valence-corrected chi connectivity index (χ3v) is 6.84. The first-order chi connectivity index (χ1) is 18.7. The van der Waals surface area contributed by atoms with Gasteiger partial charge in [-0.3, -0.25) is 13.6 Å². The van der Waals surface area contributed by atoms with Crippen LogP contribution in [0.1, 0.15) is 53.3 Å². The van der Waals surface area contributed by atoms with Gasteiger partial charge in [-0.2, -0.15) is 0 Å². The first kappa shape index (κ1) is 30.2. The van der Waals surface area contributed by atoms with Gasteiger partial charge in [0.05, 0.1) is 25.4 Å². The van der Waals surface area contributed by atoms with E-state index in [1.165, 1.54) is 12.1 Å². The van der Waals surface area contributed by atoms with Crippen molar-refractivity contribution in [3.63, 3.8) is 0 Å². The van der Waals surface area contributed by atoms with Crippen LogP contribution in [0.5, 0.6) is 5.75 Å². The SMILES string of the molecule is CF.CF.NC1(c2nc3nccc(C4CCN(C(=O)c5ccc(OC(F)(F)F)cc5)CC4)c3[nH]2)CCOCC1. The number of nitrogens with two attached hydrogens (primary N) is 1. The fourth-order valence-corrected chi connectivity index (χ4v) is 4.85. The van der Waals surface area contributed by atoms with Crippen LogP contribution in [0.3, 0.4) is 0 Å². The summed E-state index contributed by atoms with van der Waals surface area (Å²) in [5.74, 6) is 0.369. The molecule has 0 spiro atoms. The Kier molecular flexibility index (Phi) is 10.2. The third kappa shape index (κ3) is 7.21. The Morgan fingerprint density at radius 3 is 2.28 bits per heavy atom. The molecule has 214 valence electrons. The van der Waals surface area contributed by atoms with E-state index in [2.05, 4.69) is 19.7 Å². The predicted molar refractivity (Wildman–Crippen MR) is 135 cm³/mol. The smallest absolute Gasteiger partial charge is 0.406 e. The molecular formula is C26H32F5N5O3. The highest BCUT2D eigenvalue weighted by Gasteiger charge is 2.34. The number of pyridine rings is 1. The quantitative estimate of drug-likeness (QED) is 0.437. The number of fused-ring (bicyclic) bond motifs is 1. The number of halogens is 5. The van der Waals surface area contributed by atoms with Gasteiger partial charge in [-0.1, -0.05) is 0 Å². The summed E-state index contributed by atoms with van der Waals surface area (Å²) in [5, 5.41) is 0. The Morgan fingerprint density at radius 2 is 1.69 bits per heavy atom. The predicted octanol–water partition coefficient (Wildman–Crippen LogP) is 5.01. The number of aromatic amines is 1. The molecule has 4 heterocycles. The second kappa shape index (κ2) is 13.2. The number of alkyl halides is 5. The Bertz CT molecular complexity index is 1200. The van der Waals surface area contributed by atoms with Gasteiger partial charge in [-0.05, 0) is 67.5 Å². The van der Waals surface area contributed by atoms with Gasteiger partial charge < -0.3 is 25.1 Å². The topological polar surface area (TPSA) is 106 Å². The van der Waals surface area contributed by atoms with Crippen LogP contribution in [0, 0.1) is 0 Å². The van der Waals surface area contributed by atoms with Gasteiger partial charge in [-0.15, -0.1) is 13.2 Å². The molecule has 0 bridgehead atoms.